The predicted molar refractivity (Wildman–Crippen MR) is 109 cm³/mol. The fourth-order valence-electron chi connectivity index (χ4n) is 2.97. The van der Waals surface area contributed by atoms with Crippen molar-refractivity contribution in [2.75, 3.05) is 23.0 Å². The van der Waals surface area contributed by atoms with Crippen LogP contribution in [0.25, 0.3) is 0 Å². The fraction of sp³-hybridized carbons (Fsp3) is 0.350. The summed E-state index contributed by atoms with van der Waals surface area (Å²) >= 11 is 0. The van der Waals surface area contributed by atoms with Crippen LogP contribution in [-0.4, -0.2) is 33.7 Å². The van der Waals surface area contributed by atoms with Crippen LogP contribution in [0.15, 0.2) is 42.5 Å². The number of methoxy groups -OCH3 is 1. The molecule has 0 saturated heterocycles. The maximum atomic E-state index is 12.9. The lowest BCUT2D eigenvalue weighted by molar-refractivity contribution is -0.116. The largest absolute Gasteiger partial charge is 0.497 e. The molecule has 6 nitrogen and oxygen atoms in total. The lowest BCUT2D eigenvalue weighted by Gasteiger charge is -2.28. The maximum absolute atomic E-state index is 12.9. The van der Waals surface area contributed by atoms with Gasteiger partial charge in [0.2, 0.25) is 15.9 Å². The van der Waals surface area contributed by atoms with Crippen molar-refractivity contribution in [2.24, 2.45) is 0 Å². The van der Waals surface area contributed by atoms with Crippen LogP contribution in [-0.2, 0) is 21.2 Å². The normalized spacial score (nSPS) is 12.3. The van der Waals surface area contributed by atoms with E-state index in [4.69, 9.17) is 4.74 Å². The predicted octanol–water partition coefficient (Wildman–Crippen LogP) is 3.36. The number of benzene rings is 2. The molecule has 1 amide bonds. The maximum Gasteiger partial charge on any atom is 0.248 e. The van der Waals surface area contributed by atoms with E-state index in [1.807, 2.05) is 32.0 Å². The molecular weight excluding hydrogens is 364 g/mol. The number of carbonyl (C=O) groups is 1. The number of anilines is 2. The molecule has 27 heavy (non-hydrogen) atoms. The first kappa shape index (κ1) is 20.8. The molecule has 0 fully saturated rings. The number of hydrogen-bond donors (Lipinski definition) is 1. The molecule has 0 bridgehead atoms. The summed E-state index contributed by atoms with van der Waals surface area (Å²) in [6.07, 6.45) is 1.85. The van der Waals surface area contributed by atoms with E-state index in [0.717, 1.165) is 33.8 Å². The summed E-state index contributed by atoms with van der Waals surface area (Å²) in [5.41, 5.74) is 3.08. The van der Waals surface area contributed by atoms with E-state index in [1.54, 1.807) is 31.2 Å². The van der Waals surface area contributed by atoms with Gasteiger partial charge in [0.05, 0.1) is 19.1 Å². The topological polar surface area (TPSA) is 75.7 Å². The zero-order valence-corrected chi connectivity index (χ0v) is 17.1. The Balaban J connectivity index is 2.35. The highest BCUT2D eigenvalue weighted by atomic mass is 32.2. The lowest BCUT2D eigenvalue weighted by atomic mass is 10.1. The second-order valence-corrected chi connectivity index (χ2v) is 8.24. The highest BCUT2D eigenvalue weighted by Gasteiger charge is 2.29. The molecule has 0 saturated carbocycles. The quantitative estimate of drug-likeness (QED) is 0.787. The average molecular weight is 391 g/mol. The number of nitrogens with zero attached hydrogens (tertiary/aromatic N) is 1. The van der Waals surface area contributed by atoms with Crippen LogP contribution in [0.2, 0.25) is 0 Å². The summed E-state index contributed by atoms with van der Waals surface area (Å²) in [4.78, 5) is 12.9. The second-order valence-electron chi connectivity index (χ2n) is 6.38. The van der Waals surface area contributed by atoms with Crippen molar-refractivity contribution in [3.63, 3.8) is 0 Å². The Kier molecular flexibility index (Phi) is 6.49. The van der Waals surface area contributed by atoms with Crippen LogP contribution in [0.5, 0.6) is 5.75 Å². The van der Waals surface area contributed by atoms with Crippen LogP contribution in [0.3, 0.4) is 0 Å². The number of sulfonamides is 1. The molecule has 1 N–H and O–H groups in total. The molecule has 0 heterocycles. The summed E-state index contributed by atoms with van der Waals surface area (Å²) in [6, 6.07) is 11.4. The summed E-state index contributed by atoms with van der Waals surface area (Å²) in [7, 11) is -2.13. The van der Waals surface area contributed by atoms with E-state index in [1.165, 1.54) is 7.11 Å². The van der Waals surface area contributed by atoms with Gasteiger partial charge in [-0.05, 0) is 55.7 Å². The Hall–Kier alpha value is -2.54. The molecule has 0 unspecified atom stereocenters. The second kappa shape index (κ2) is 8.43. The Morgan fingerprint density at radius 3 is 2.33 bits per heavy atom. The minimum atomic E-state index is -3.67. The van der Waals surface area contributed by atoms with Crippen molar-refractivity contribution in [2.45, 2.75) is 33.2 Å². The van der Waals surface area contributed by atoms with E-state index in [0.29, 0.717) is 11.4 Å². The standard InChI is InChI=1S/C20H26N2O4S/c1-6-16-9-7-8-14(2)19(16)21-20(23)15(3)22(27(5,24)25)17-10-12-18(26-4)13-11-17/h7-13,15H,6H2,1-5H3,(H,21,23)/t15-/m0/s1. The number of amides is 1. The molecule has 0 aliphatic carbocycles. The first-order valence-corrected chi connectivity index (χ1v) is 10.6. The molecule has 1 atom stereocenters. The molecule has 0 aliphatic heterocycles. The van der Waals surface area contributed by atoms with E-state index in [9.17, 15) is 13.2 Å². The van der Waals surface area contributed by atoms with E-state index in [-0.39, 0.29) is 5.91 Å². The van der Waals surface area contributed by atoms with Gasteiger partial charge in [-0.3, -0.25) is 9.10 Å². The van der Waals surface area contributed by atoms with Crippen molar-refractivity contribution < 1.29 is 17.9 Å². The number of carbonyl (C=O) groups excluding carboxylic acids is 1. The summed E-state index contributed by atoms with van der Waals surface area (Å²) in [6.45, 7) is 5.50. The molecule has 0 aliphatic rings. The average Bonchev–Trinajstić information content (AvgIpc) is 2.62. The third-order valence-electron chi connectivity index (χ3n) is 4.40. The smallest absolute Gasteiger partial charge is 0.248 e. The molecule has 2 rings (SSSR count). The van der Waals surface area contributed by atoms with Crippen LogP contribution in [0, 0.1) is 6.92 Å². The molecule has 2 aromatic rings. The number of hydrogen-bond acceptors (Lipinski definition) is 4. The summed E-state index contributed by atoms with van der Waals surface area (Å²) in [5.74, 6) is 0.219. The number of para-hydroxylation sites is 1. The minimum absolute atomic E-state index is 0.389. The Morgan fingerprint density at radius 1 is 1.19 bits per heavy atom. The first-order chi connectivity index (χ1) is 12.7. The fourth-order valence-corrected chi connectivity index (χ4v) is 4.14. The number of nitrogens with one attached hydrogen (secondary N) is 1. The van der Waals surface area contributed by atoms with Gasteiger partial charge >= 0.3 is 0 Å². The van der Waals surface area contributed by atoms with Gasteiger partial charge in [0, 0.05) is 5.69 Å². The van der Waals surface area contributed by atoms with Gasteiger partial charge in [-0.25, -0.2) is 8.42 Å². The van der Waals surface area contributed by atoms with Gasteiger partial charge in [0.25, 0.3) is 0 Å². The zero-order valence-electron chi connectivity index (χ0n) is 16.3. The van der Waals surface area contributed by atoms with Gasteiger partial charge in [-0.15, -0.1) is 0 Å². The number of ether oxygens (including phenoxy) is 1. The number of aryl methyl sites for hydroxylation is 2. The number of rotatable bonds is 7. The SMILES string of the molecule is CCc1cccc(C)c1NC(=O)[C@H](C)N(c1ccc(OC)cc1)S(C)(=O)=O. The van der Waals surface area contributed by atoms with Crippen LogP contribution < -0.4 is 14.4 Å². The van der Waals surface area contributed by atoms with E-state index >= 15 is 0 Å². The van der Waals surface area contributed by atoms with Crippen LogP contribution >= 0.6 is 0 Å². The van der Waals surface area contributed by atoms with Crippen molar-refractivity contribution in [3.8, 4) is 5.75 Å². The van der Waals surface area contributed by atoms with Crippen molar-refractivity contribution in [3.05, 3.63) is 53.6 Å². The third-order valence-corrected chi connectivity index (χ3v) is 5.65. The van der Waals surface area contributed by atoms with Crippen molar-refractivity contribution in [1.29, 1.82) is 0 Å². The van der Waals surface area contributed by atoms with Crippen LogP contribution in [0.4, 0.5) is 11.4 Å². The van der Waals surface area contributed by atoms with Gasteiger partial charge in [0.15, 0.2) is 0 Å². The molecule has 146 valence electrons. The van der Waals surface area contributed by atoms with Gasteiger partial charge in [0.1, 0.15) is 11.8 Å². The zero-order chi connectivity index (χ0) is 20.2. The Bertz CT molecular complexity index is 908. The molecule has 0 radical (unpaired) electrons. The highest BCUT2D eigenvalue weighted by molar-refractivity contribution is 7.92. The Morgan fingerprint density at radius 2 is 1.81 bits per heavy atom. The monoisotopic (exact) mass is 390 g/mol. The lowest BCUT2D eigenvalue weighted by Crippen LogP contribution is -2.45. The first-order valence-electron chi connectivity index (χ1n) is 8.71. The molecular formula is C20H26N2O4S. The summed E-state index contributed by atoms with van der Waals surface area (Å²) in [5, 5.41) is 2.90. The third kappa shape index (κ3) is 4.80. The van der Waals surface area contributed by atoms with Crippen molar-refractivity contribution in [1.82, 2.24) is 0 Å². The molecule has 2 aromatic carbocycles. The van der Waals surface area contributed by atoms with Crippen molar-refractivity contribution >= 4 is 27.3 Å². The summed E-state index contributed by atoms with van der Waals surface area (Å²) < 4.78 is 31.0. The van der Waals surface area contributed by atoms with Gasteiger partial charge in [-0.2, -0.15) is 0 Å². The van der Waals surface area contributed by atoms with E-state index < -0.39 is 16.1 Å². The van der Waals surface area contributed by atoms with Gasteiger partial charge in [-0.1, -0.05) is 25.1 Å². The van der Waals surface area contributed by atoms with E-state index in [2.05, 4.69) is 5.32 Å². The minimum Gasteiger partial charge on any atom is -0.497 e. The highest BCUT2D eigenvalue weighted by Crippen LogP contribution is 2.26. The Labute approximate surface area is 161 Å². The molecule has 0 spiro atoms. The molecule has 7 heteroatoms. The molecule has 0 aromatic heterocycles. The van der Waals surface area contributed by atoms with Gasteiger partial charge < -0.3 is 10.1 Å². The van der Waals surface area contributed by atoms with Crippen LogP contribution in [0.1, 0.15) is 25.0 Å².